The summed E-state index contributed by atoms with van der Waals surface area (Å²) in [4.78, 5) is 0. The van der Waals surface area contributed by atoms with Crippen LogP contribution in [0.25, 0.3) is 16.9 Å². The number of hydrazone groups is 1. The number of benzene rings is 3. The first-order valence-corrected chi connectivity index (χ1v) is 9.84. The van der Waals surface area contributed by atoms with Crippen LogP contribution in [0.15, 0.2) is 95.4 Å². The van der Waals surface area contributed by atoms with Crippen molar-refractivity contribution >= 4 is 22.2 Å². The fourth-order valence-corrected chi connectivity index (χ4v) is 3.81. The Kier molecular flexibility index (Phi) is 6.80. The summed E-state index contributed by atoms with van der Waals surface area (Å²) in [5.41, 5.74) is 8.35. The average molecular weight is 466 g/mol. The smallest absolute Gasteiger partial charge is 0.364 e. The van der Waals surface area contributed by atoms with Gasteiger partial charge in [-0.15, -0.1) is 5.43 Å². The molecule has 29 heavy (non-hydrogen) atoms. The fourth-order valence-electron chi connectivity index (χ4n) is 2.94. The molecule has 1 heterocycles. The lowest BCUT2D eigenvalue weighted by atomic mass is 10.1. The van der Waals surface area contributed by atoms with Crippen molar-refractivity contribution in [3.8, 4) is 22.7 Å². The van der Waals surface area contributed by atoms with E-state index in [1.807, 2.05) is 55.5 Å². The topological polar surface area (TPSA) is 48.5 Å². The number of thiazole rings is 1. The molecule has 0 fully saturated rings. The highest BCUT2D eigenvalue weighted by Crippen LogP contribution is 2.25. The normalized spacial score (nSPS) is 11.0. The van der Waals surface area contributed by atoms with E-state index in [-0.39, 0.29) is 22.7 Å². The second-order valence-electron chi connectivity index (χ2n) is 6.32. The van der Waals surface area contributed by atoms with Crippen LogP contribution in [-0.4, -0.2) is 10.8 Å². The van der Waals surface area contributed by atoms with Crippen LogP contribution in [0.5, 0.6) is 5.75 Å². The number of halogens is 1. The van der Waals surface area contributed by atoms with Crippen LogP contribution in [0.1, 0.15) is 12.5 Å². The molecule has 146 valence electrons. The molecule has 0 spiro atoms. The highest BCUT2D eigenvalue weighted by molar-refractivity contribution is 7.13. The summed E-state index contributed by atoms with van der Waals surface area (Å²) in [5.74, 6) is 0.247. The molecule has 6 heteroatoms. The minimum Gasteiger partial charge on any atom is -1.00 e. The Hall–Kier alpha value is -2.96. The van der Waals surface area contributed by atoms with Gasteiger partial charge >= 0.3 is 5.13 Å². The summed E-state index contributed by atoms with van der Waals surface area (Å²) in [7, 11) is 0. The maximum absolute atomic E-state index is 9.46. The maximum atomic E-state index is 9.46. The van der Waals surface area contributed by atoms with Gasteiger partial charge in [0.25, 0.3) is 0 Å². The molecule has 4 nitrogen and oxygen atoms in total. The quantitative estimate of drug-likeness (QED) is 0.269. The summed E-state index contributed by atoms with van der Waals surface area (Å²) in [6.45, 7) is 1.94. The van der Waals surface area contributed by atoms with Gasteiger partial charge in [0, 0.05) is 10.9 Å². The average Bonchev–Trinajstić information content (AvgIpc) is 3.18. The van der Waals surface area contributed by atoms with Crippen LogP contribution < -0.4 is 27.0 Å². The Balaban J connectivity index is 0.00000240. The van der Waals surface area contributed by atoms with Gasteiger partial charge in [-0.1, -0.05) is 65.0 Å². The minimum atomic E-state index is 0. The van der Waals surface area contributed by atoms with E-state index in [1.165, 1.54) is 0 Å². The zero-order valence-corrected chi connectivity index (χ0v) is 18.2. The molecule has 0 saturated carbocycles. The molecule has 2 N–H and O–H groups in total. The Bertz CT molecular complexity index is 1090. The van der Waals surface area contributed by atoms with Crippen molar-refractivity contribution in [3.05, 3.63) is 95.9 Å². The SMILES string of the molecule is C/C(=N\Nc1scc(-c2ccccc2)[n+]1-c1ccccc1)c1ccc(O)cc1.[Br-]. The predicted molar refractivity (Wildman–Crippen MR) is 115 cm³/mol. The highest BCUT2D eigenvalue weighted by Gasteiger charge is 2.21. The van der Waals surface area contributed by atoms with Gasteiger partial charge in [-0.05, 0) is 48.9 Å². The van der Waals surface area contributed by atoms with E-state index in [9.17, 15) is 5.11 Å². The van der Waals surface area contributed by atoms with E-state index in [0.29, 0.717) is 0 Å². The highest BCUT2D eigenvalue weighted by atomic mass is 79.9. The number of para-hydroxylation sites is 1. The number of nitrogens with zero attached hydrogens (tertiary/aromatic N) is 2. The van der Waals surface area contributed by atoms with Crippen molar-refractivity contribution in [2.24, 2.45) is 5.10 Å². The van der Waals surface area contributed by atoms with Crippen LogP contribution in [0.3, 0.4) is 0 Å². The molecule has 0 aliphatic carbocycles. The van der Waals surface area contributed by atoms with E-state index in [1.54, 1.807) is 23.5 Å². The van der Waals surface area contributed by atoms with Gasteiger partial charge in [0.1, 0.15) is 11.4 Å². The largest absolute Gasteiger partial charge is 1.00 e. The van der Waals surface area contributed by atoms with Crippen LogP contribution >= 0.6 is 11.3 Å². The van der Waals surface area contributed by atoms with Gasteiger partial charge < -0.3 is 22.1 Å². The van der Waals surface area contributed by atoms with Gasteiger partial charge in [-0.3, -0.25) is 0 Å². The first-order chi connectivity index (χ1) is 13.7. The van der Waals surface area contributed by atoms with Crippen molar-refractivity contribution < 1.29 is 26.7 Å². The lowest BCUT2D eigenvalue weighted by Gasteiger charge is -2.05. The predicted octanol–water partition coefficient (Wildman–Crippen LogP) is 2.24. The molecule has 0 amide bonds. The Morgan fingerprint density at radius 2 is 1.52 bits per heavy atom. The molecule has 1 aromatic heterocycles. The number of aromatic nitrogens is 1. The molecule has 4 rings (SSSR count). The molecule has 0 radical (unpaired) electrons. The van der Waals surface area contributed by atoms with E-state index in [4.69, 9.17) is 0 Å². The second-order valence-corrected chi connectivity index (χ2v) is 7.18. The molecule has 0 aliphatic rings. The first kappa shape index (κ1) is 20.8. The van der Waals surface area contributed by atoms with Crippen molar-refractivity contribution in [1.29, 1.82) is 0 Å². The monoisotopic (exact) mass is 465 g/mol. The van der Waals surface area contributed by atoms with Crippen molar-refractivity contribution in [2.45, 2.75) is 6.92 Å². The number of anilines is 1. The number of rotatable bonds is 5. The zero-order valence-electron chi connectivity index (χ0n) is 15.8. The summed E-state index contributed by atoms with van der Waals surface area (Å²) < 4.78 is 2.17. The van der Waals surface area contributed by atoms with Crippen LogP contribution in [0.2, 0.25) is 0 Å². The van der Waals surface area contributed by atoms with Crippen molar-refractivity contribution in [2.75, 3.05) is 5.43 Å². The molecule has 4 aromatic rings. The minimum absolute atomic E-state index is 0. The Morgan fingerprint density at radius 1 is 0.897 bits per heavy atom. The van der Waals surface area contributed by atoms with Gasteiger partial charge in [0.2, 0.25) is 0 Å². The molecule has 0 atom stereocenters. The molecule has 0 bridgehead atoms. The third kappa shape index (κ3) is 4.72. The van der Waals surface area contributed by atoms with E-state index in [2.05, 4.69) is 44.7 Å². The first-order valence-electron chi connectivity index (χ1n) is 8.96. The van der Waals surface area contributed by atoms with Gasteiger partial charge in [0.05, 0.1) is 5.71 Å². The molecular weight excluding hydrogens is 446 g/mol. The number of aromatic hydroxyl groups is 1. The maximum Gasteiger partial charge on any atom is 0.364 e. The van der Waals surface area contributed by atoms with Crippen LogP contribution in [0, 0.1) is 0 Å². The molecule has 3 aromatic carbocycles. The van der Waals surface area contributed by atoms with Gasteiger partial charge in [-0.2, -0.15) is 4.57 Å². The molecule has 0 unspecified atom stereocenters. The van der Waals surface area contributed by atoms with Crippen LogP contribution in [0.4, 0.5) is 5.13 Å². The lowest BCUT2D eigenvalue weighted by Crippen LogP contribution is -3.00. The van der Waals surface area contributed by atoms with Crippen molar-refractivity contribution in [1.82, 2.24) is 0 Å². The van der Waals surface area contributed by atoms with E-state index < -0.39 is 0 Å². The molecule has 0 aliphatic heterocycles. The standard InChI is InChI=1S/C23H19N3OS.BrH/c1-17(18-12-14-21(27)15-13-18)24-25-23-26(20-10-6-3-7-11-20)22(16-28-23)19-8-4-2-5-9-19;/h2-16H,1H3,(H,24,27);1H. The number of hydrogen-bond donors (Lipinski definition) is 2. The lowest BCUT2D eigenvalue weighted by molar-refractivity contribution is -0.564. The number of nitrogens with one attached hydrogen (secondary N) is 1. The van der Waals surface area contributed by atoms with E-state index >= 15 is 0 Å². The summed E-state index contributed by atoms with van der Waals surface area (Å²) >= 11 is 1.61. The number of phenols is 1. The van der Waals surface area contributed by atoms with Gasteiger partial charge in [-0.25, -0.2) is 0 Å². The van der Waals surface area contributed by atoms with Crippen molar-refractivity contribution in [3.63, 3.8) is 0 Å². The molecule has 0 saturated heterocycles. The molecular formula is C23H20BrN3OS. The van der Waals surface area contributed by atoms with E-state index in [0.717, 1.165) is 33.4 Å². The third-order valence-electron chi connectivity index (χ3n) is 4.41. The zero-order chi connectivity index (χ0) is 19.3. The number of phenolic OH excluding ortho intramolecular Hbond substituents is 1. The Morgan fingerprint density at radius 3 is 2.17 bits per heavy atom. The fraction of sp³-hybridized carbons (Fsp3) is 0.0435. The number of hydrogen-bond acceptors (Lipinski definition) is 4. The second kappa shape index (κ2) is 9.49. The van der Waals surface area contributed by atoms with Crippen LogP contribution in [-0.2, 0) is 0 Å². The van der Waals surface area contributed by atoms with Gasteiger partial charge in [0.15, 0.2) is 5.69 Å². The summed E-state index contributed by atoms with van der Waals surface area (Å²) in [5, 5.41) is 17.1. The summed E-state index contributed by atoms with van der Waals surface area (Å²) in [6.07, 6.45) is 0. The Labute approximate surface area is 184 Å². The third-order valence-corrected chi connectivity index (χ3v) is 5.25. The summed E-state index contributed by atoms with van der Waals surface area (Å²) in [6, 6.07) is 27.6.